The van der Waals surface area contributed by atoms with E-state index in [1.54, 1.807) is 0 Å². The molecule has 1 aliphatic rings. The normalized spacial score (nSPS) is 19.6. The molecule has 5 heteroatoms. The van der Waals surface area contributed by atoms with Crippen LogP contribution in [-0.4, -0.2) is 36.6 Å². The van der Waals surface area contributed by atoms with Gasteiger partial charge >= 0.3 is 6.09 Å². The van der Waals surface area contributed by atoms with Gasteiger partial charge in [-0.3, -0.25) is 0 Å². The molecule has 1 aliphatic heterocycles. The van der Waals surface area contributed by atoms with Gasteiger partial charge in [-0.2, -0.15) is 0 Å². The molecule has 1 aromatic rings. The lowest BCUT2D eigenvalue weighted by atomic mass is 10.1. The molecular weight excluding hydrogens is 258 g/mol. The van der Waals surface area contributed by atoms with Crippen molar-refractivity contribution in [3.05, 3.63) is 35.9 Å². The Bertz CT molecular complexity index is 404. The highest BCUT2D eigenvalue weighted by molar-refractivity contribution is 5.67. The van der Waals surface area contributed by atoms with Gasteiger partial charge in [0.2, 0.25) is 0 Å². The molecule has 1 saturated heterocycles. The number of carbonyl (C=O) groups is 1. The van der Waals surface area contributed by atoms with Crippen LogP contribution in [-0.2, 0) is 16.1 Å². The molecule has 1 aromatic carbocycles. The molecule has 5 nitrogen and oxygen atoms in total. The van der Waals surface area contributed by atoms with E-state index in [1.807, 2.05) is 30.3 Å². The smallest absolute Gasteiger partial charge is 0.407 e. The molecule has 1 fully saturated rings. The number of nitrogens with one attached hydrogen (secondary N) is 1. The van der Waals surface area contributed by atoms with Gasteiger partial charge in [-0.25, -0.2) is 4.79 Å². The first-order valence-corrected chi connectivity index (χ1v) is 6.97. The van der Waals surface area contributed by atoms with Crippen molar-refractivity contribution in [1.82, 2.24) is 5.32 Å². The lowest BCUT2D eigenvalue weighted by Crippen LogP contribution is -2.40. The molecule has 0 aliphatic carbocycles. The fourth-order valence-electron chi connectivity index (χ4n) is 2.26. The summed E-state index contributed by atoms with van der Waals surface area (Å²) in [5.74, 6) is 0. The topological polar surface area (TPSA) is 67.8 Å². The van der Waals surface area contributed by atoms with Crippen molar-refractivity contribution in [2.75, 3.05) is 13.2 Å². The van der Waals surface area contributed by atoms with Gasteiger partial charge < -0.3 is 19.9 Å². The summed E-state index contributed by atoms with van der Waals surface area (Å²) in [6, 6.07) is 9.16. The quantitative estimate of drug-likeness (QED) is 0.834. The summed E-state index contributed by atoms with van der Waals surface area (Å²) in [6.45, 7) is 0.881. The van der Waals surface area contributed by atoms with Crippen LogP contribution in [0.5, 0.6) is 0 Å². The molecule has 20 heavy (non-hydrogen) atoms. The van der Waals surface area contributed by atoms with Crippen molar-refractivity contribution < 1.29 is 19.4 Å². The van der Waals surface area contributed by atoms with Gasteiger partial charge in [0.1, 0.15) is 6.61 Å². The number of carbonyl (C=O) groups excluding carboxylic acids is 1. The summed E-state index contributed by atoms with van der Waals surface area (Å²) in [6.07, 6.45) is 2.27. The molecule has 0 spiro atoms. The Morgan fingerprint density at radius 2 is 2.25 bits per heavy atom. The average Bonchev–Trinajstić information content (AvgIpc) is 2.98. The van der Waals surface area contributed by atoms with Crippen LogP contribution in [0.3, 0.4) is 0 Å². The zero-order valence-electron chi connectivity index (χ0n) is 11.5. The van der Waals surface area contributed by atoms with Crippen LogP contribution in [0.4, 0.5) is 4.79 Å². The van der Waals surface area contributed by atoms with Crippen LogP contribution in [0.2, 0.25) is 0 Å². The highest BCUT2D eigenvalue weighted by Crippen LogP contribution is 2.16. The molecule has 2 rings (SSSR count). The van der Waals surface area contributed by atoms with Crippen molar-refractivity contribution >= 4 is 6.09 Å². The third kappa shape index (κ3) is 4.83. The molecule has 0 radical (unpaired) electrons. The van der Waals surface area contributed by atoms with E-state index < -0.39 is 6.09 Å². The molecule has 1 amide bonds. The Labute approximate surface area is 118 Å². The molecule has 1 heterocycles. The number of amides is 1. The zero-order chi connectivity index (χ0) is 14.2. The summed E-state index contributed by atoms with van der Waals surface area (Å²) in [7, 11) is 0. The maximum atomic E-state index is 11.7. The second kappa shape index (κ2) is 7.87. The largest absolute Gasteiger partial charge is 0.445 e. The molecule has 110 valence electrons. The van der Waals surface area contributed by atoms with E-state index in [0.29, 0.717) is 6.42 Å². The second-order valence-corrected chi connectivity index (χ2v) is 4.96. The number of ether oxygens (including phenoxy) is 2. The van der Waals surface area contributed by atoms with Crippen molar-refractivity contribution in [2.24, 2.45) is 0 Å². The number of alkyl carbamates (subject to hydrolysis) is 1. The first kappa shape index (κ1) is 14.8. The summed E-state index contributed by atoms with van der Waals surface area (Å²) in [5, 5.41) is 12.0. The molecule has 2 N–H and O–H groups in total. The number of hydrogen-bond acceptors (Lipinski definition) is 4. The van der Waals surface area contributed by atoms with Crippen LogP contribution in [0.25, 0.3) is 0 Å². The summed E-state index contributed by atoms with van der Waals surface area (Å²) in [5.41, 5.74) is 0.933. The Kier molecular flexibility index (Phi) is 5.83. The van der Waals surface area contributed by atoms with Gasteiger partial charge in [-0.1, -0.05) is 30.3 Å². The predicted octanol–water partition coefficient (Wildman–Crippen LogP) is 1.84. The SMILES string of the molecule is O=C(N[C@@H](CO)CC1CCCO1)OCc1ccccc1. The van der Waals surface area contributed by atoms with Gasteiger partial charge in [-0.05, 0) is 24.8 Å². The van der Waals surface area contributed by atoms with Crippen LogP contribution in [0, 0.1) is 0 Å². The molecule has 0 saturated carbocycles. The summed E-state index contributed by atoms with van der Waals surface area (Å²) in [4.78, 5) is 11.7. The van der Waals surface area contributed by atoms with Gasteiger partial charge in [0.15, 0.2) is 0 Å². The number of benzene rings is 1. The Morgan fingerprint density at radius 1 is 1.45 bits per heavy atom. The highest BCUT2D eigenvalue weighted by Gasteiger charge is 2.22. The third-order valence-electron chi connectivity index (χ3n) is 3.33. The van der Waals surface area contributed by atoms with Crippen LogP contribution in [0.1, 0.15) is 24.8 Å². The number of aliphatic hydroxyl groups is 1. The Balaban J connectivity index is 1.71. The van der Waals surface area contributed by atoms with E-state index in [2.05, 4.69) is 5.32 Å². The van der Waals surface area contributed by atoms with E-state index in [9.17, 15) is 9.90 Å². The number of rotatable bonds is 6. The van der Waals surface area contributed by atoms with Crippen molar-refractivity contribution in [2.45, 2.75) is 38.0 Å². The van der Waals surface area contributed by atoms with Gasteiger partial charge in [0.25, 0.3) is 0 Å². The van der Waals surface area contributed by atoms with Crippen LogP contribution >= 0.6 is 0 Å². The maximum absolute atomic E-state index is 11.7. The third-order valence-corrected chi connectivity index (χ3v) is 3.33. The van der Waals surface area contributed by atoms with E-state index in [4.69, 9.17) is 9.47 Å². The van der Waals surface area contributed by atoms with Gasteiger partial charge in [0.05, 0.1) is 18.8 Å². The van der Waals surface area contributed by atoms with Crippen LogP contribution in [0.15, 0.2) is 30.3 Å². The maximum Gasteiger partial charge on any atom is 0.407 e. The lowest BCUT2D eigenvalue weighted by Gasteiger charge is -2.19. The first-order valence-electron chi connectivity index (χ1n) is 6.97. The minimum absolute atomic E-state index is 0.111. The lowest BCUT2D eigenvalue weighted by molar-refractivity contribution is 0.0800. The monoisotopic (exact) mass is 279 g/mol. The summed E-state index contributed by atoms with van der Waals surface area (Å²) >= 11 is 0. The fourth-order valence-corrected chi connectivity index (χ4v) is 2.26. The minimum Gasteiger partial charge on any atom is -0.445 e. The average molecular weight is 279 g/mol. The minimum atomic E-state index is -0.508. The molecule has 0 bridgehead atoms. The Morgan fingerprint density at radius 3 is 2.90 bits per heavy atom. The highest BCUT2D eigenvalue weighted by atomic mass is 16.5. The van der Waals surface area contributed by atoms with Crippen LogP contribution < -0.4 is 5.32 Å². The standard InChI is InChI=1S/C15H21NO4/c17-10-13(9-14-7-4-8-19-14)16-15(18)20-11-12-5-2-1-3-6-12/h1-3,5-6,13-14,17H,4,7-11H2,(H,16,18)/t13-,14?/m1/s1. The van der Waals surface area contributed by atoms with E-state index in [-0.39, 0.29) is 25.4 Å². The van der Waals surface area contributed by atoms with Gasteiger partial charge in [-0.15, -0.1) is 0 Å². The van der Waals surface area contributed by atoms with Crippen molar-refractivity contribution in [3.63, 3.8) is 0 Å². The van der Waals surface area contributed by atoms with E-state index in [1.165, 1.54) is 0 Å². The summed E-state index contributed by atoms with van der Waals surface area (Å²) < 4.78 is 10.6. The molecule has 2 atom stereocenters. The first-order chi connectivity index (χ1) is 9.78. The van der Waals surface area contributed by atoms with Crippen molar-refractivity contribution in [3.8, 4) is 0 Å². The van der Waals surface area contributed by atoms with E-state index >= 15 is 0 Å². The second-order valence-electron chi connectivity index (χ2n) is 4.96. The predicted molar refractivity (Wildman–Crippen MR) is 74.2 cm³/mol. The van der Waals surface area contributed by atoms with E-state index in [0.717, 1.165) is 25.0 Å². The fraction of sp³-hybridized carbons (Fsp3) is 0.533. The van der Waals surface area contributed by atoms with Crippen molar-refractivity contribution in [1.29, 1.82) is 0 Å². The molecular formula is C15H21NO4. The molecule has 1 unspecified atom stereocenters. The molecule has 0 aromatic heterocycles. The Hall–Kier alpha value is -1.59. The van der Waals surface area contributed by atoms with Gasteiger partial charge in [0, 0.05) is 6.61 Å². The number of hydrogen-bond donors (Lipinski definition) is 2. The zero-order valence-corrected chi connectivity index (χ0v) is 11.5. The number of aliphatic hydroxyl groups excluding tert-OH is 1.